The Bertz CT molecular complexity index is 574. The lowest BCUT2D eigenvalue weighted by atomic mass is 10.2. The Morgan fingerprint density at radius 3 is 2.83 bits per heavy atom. The molecular weight excluding hydrogens is 252 g/mol. The number of benzene rings is 1. The van der Waals surface area contributed by atoms with Gasteiger partial charge in [0.05, 0.1) is 5.56 Å². The fraction of sp³-hybridized carbons (Fsp3) is 0. The van der Waals surface area contributed by atoms with Crippen LogP contribution in [-0.4, -0.2) is 10.9 Å². The van der Waals surface area contributed by atoms with Gasteiger partial charge in [-0.1, -0.05) is 17.7 Å². The monoisotopic (exact) mass is 262 g/mol. The first-order valence-corrected chi connectivity index (χ1v) is 5.57. The number of amides is 1. The molecule has 0 aliphatic carbocycles. The minimum atomic E-state index is -0.307. The Labute approximate surface area is 109 Å². The summed E-state index contributed by atoms with van der Waals surface area (Å²) in [5.74, 6) is 5.30. The van der Waals surface area contributed by atoms with Crippen LogP contribution in [0.2, 0.25) is 5.02 Å². The molecule has 0 saturated carbocycles. The van der Waals surface area contributed by atoms with E-state index in [0.29, 0.717) is 22.1 Å². The summed E-state index contributed by atoms with van der Waals surface area (Å²) in [7, 11) is 0. The van der Waals surface area contributed by atoms with Gasteiger partial charge in [-0.2, -0.15) is 0 Å². The van der Waals surface area contributed by atoms with Crippen molar-refractivity contribution in [3.8, 4) is 0 Å². The highest BCUT2D eigenvalue weighted by molar-refractivity contribution is 6.31. The van der Waals surface area contributed by atoms with Gasteiger partial charge < -0.3 is 10.7 Å². The van der Waals surface area contributed by atoms with Crippen LogP contribution in [0.3, 0.4) is 0 Å². The first kappa shape index (κ1) is 12.3. The summed E-state index contributed by atoms with van der Waals surface area (Å²) in [5, 5.41) is 3.27. The molecule has 0 bridgehead atoms. The summed E-state index contributed by atoms with van der Waals surface area (Å²) in [6, 6.07) is 10.2. The van der Waals surface area contributed by atoms with E-state index in [2.05, 4.69) is 15.7 Å². The second-order valence-electron chi connectivity index (χ2n) is 3.51. The van der Waals surface area contributed by atoms with Gasteiger partial charge in [-0.05, 0) is 30.3 Å². The maximum absolute atomic E-state index is 12.0. The number of carbonyl (C=O) groups is 1. The van der Waals surface area contributed by atoms with E-state index in [1.165, 1.54) is 0 Å². The number of aromatic nitrogens is 1. The molecule has 92 valence electrons. The van der Waals surface area contributed by atoms with E-state index in [0.717, 1.165) is 0 Å². The van der Waals surface area contributed by atoms with Crippen LogP contribution in [0, 0.1) is 0 Å². The Morgan fingerprint density at radius 2 is 2.11 bits per heavy atom. The van der Waals surface area contributed by atoms with Crippen LogP contribution < -0.4 is 16.6 Å². The molecule has 4 N–H and O–H groups in total. The van der Waals surface area contributed by atoms with Crippen LogP contribution in [-0.2, 0) is 0 Å². The Morgan fingerprint density at radius 1 is 1.28 bits per heavy atom. The zero-order valence-electron chi connectivity index (χ0n) is 9.35. The molecule has 0 aliphatic rings. The molecular formula is C12H11ClN4O. The number of nitrogen functional groups attached to an aromatic ring is 1. The molecule has 0 fully saturated rings. The molecule has 1 heterocycles. The largest absolute Gasteiger partial charge is 0.322 e. The number of pyridine rings is 1. The zero-order valence-corrected chi connectivity index (χ0v) is 10.1. The van der Waals surface area contributed by atoms with Crippen LogP contribution >= 0.6 is 11.6 Å². The van der Waals surface area contributed by atoms with E-state index in [9.17, 15) is 4.79 Å². The quantitative estimate of drug-likeness (QED) is 0.586. The van der Waals surface area contributed by atoms with Crippen molar-refractivity contribution in [3.63, 3.8) is 0 Å². The number of hydrazine groups is 1. The van der Waals surface area contributed by atoms with E-state index in [4.69, 9.17) is 17.4 Å². The highest BCUT2D eigenvalue weighted by atomic mass is 35.5. The SMILES string of the molecule is NNc1ncccc1C(=O)Nc1cccc(Cl)c1. The van der Waals surface area contributed by atoms with Crippen molar-refractivity contribution in [2.75, 3.05) is 10.7 Å². The van der Waals surface area contributed by atoms with Gasteiger partial charge in [-0.3, -0.25) is 4.79 Å². The molecule has 0 unspecified atom stereocenters. The lowest BCUT2D eigenvalue weighted by Crippen LogP contribution is -2.18. The molecule has 0 saturated heterocycles. The summed E-state index contributed by atoms with van der Waals surface area (Å²) in [4.78, 5) is 16.0. The predicted molar refractivity (Wildman–Crippen MR) is 71.5 cm³/mol. The highest BCUT2D eigenvalue weighted by Gasteiger charge is 2.11. The molecule has 2 rings (SSSR count). The molecule has 5 nitrogen and oxygen atoms in total. The minimum Gasteiger partial charge on any atom is -0.322 e. The lowest BCUT2D eigenvalue weighted by Gasteiger charge is -2.08. The number of hydrogen-bond acceptors (Lipinski definition) is 4. The molecule has 1 aromatic heterocycles. The van der Waals surface area contributed by atoms with Crippen LogP contribution in [0.15, 0.2) is 42.6 Å². The number of anilines is 2. The second kappa shape index (κ2) is 5.48. The average Bonchev–Trinajstić information content (AvgIpc) is 2.38. The van der Waals surface area contributed by atoms with Crippen LogP contribution in [0.1, 0.15) is 10.4 Å². The number of hydrogen-bond donors (Lipinski definition) is 3. The number of rotatable bonds is 3. The first-order valence-electron chi connectivity index (χ1n) is 5.19. The first-order chi connectivity index (χ1) is 8.70. The Balaban J connectivity index is 2.22. The maximum Gasteiger partial charge on any atom is 0.259 e. The molecule has 1 amide bonds. The van der Waals surface area contributed by atoms with Crippen molar-refractivity contribution in [3.05, 3.63) is 53.2 Å². The van der Waals surface area contributed by atoms with Crippen LogP contribution in [0.5, 0.6) is 0 Å². The molecule has 0 spiro atoms. The predicted octanol–water partition coefficient (Wildman–Crippen LogP) is 2.27. The molecule has 6 heteroatoms. The molecule has 18 heavy (non-hydrogen) atoms. The van der Waals surface area contributed by atoms with Gasteiger partial charge in [-0.25, -0.2) is 10.8 Å². The molecule has 0 radical (unpaired) electrons. The third-order valence-corrected chi connectivity index (χ3v) is 2.51. The molecule has 0 atom stereocenters. The third kappa shape index (κ3) is 2.77. The van der Waals surface area contributed by atoms with Gasteiger partial charge in [0.25, 0.3) is 5.91 Å². The number of nitrogens with two attached hydrogens (primary N) is 1. The van der Waals surface area contributed by atoms with Gasteiger partial charge in [0.15, 0.2) is 5.82 Å². The lowest BCUT2D eigenvalue weighted by molar-refractivity contribution is 0.102. The third-order valence-electron chi connectivity index (χ3n) is 2.27. The van der Waals surface area contributed by atoms with E-state index in [-0.39, 0.29) is 5.91 Å². The number of carbonyl (C=O) groups excluding carboxylic acids is 1. The average molecular weight is 263 g/mol. The fourth-order valence-corrected chi connectivity index (χ4v) is 1.66. The van der Waals surface area contributed by atoms with Crippen molar-refractivity contribution in [1.82, 2.24) is 4.98 Å². The minimum absolute atomic E-state index is 0.307. The van der Waals surface area contributed by atoms with Crippen molar-refractivity contribution in [1.29, 1.82) is 0 Å². The maximum atomic E-state index is 12.0. The van der Waals surface area contributed by atoms with Gasteiger partial charge in [0.1, 0.15) is 0 Å². The van der Waals surface area contributed by atoms with Crippen molar-refractivity contribution in [2.45, 2.75) is 0 Å². The van der Waals surface area contributed by atoms with Crippen molar-refractivity contribution in [2.24, 2.45) is 5.84 Å². The summed E-state index contributed by atoms with van der Waals surface area (Å²) in [5.41, 5.74) is 3.35. The summed E-state index contributed by atoms with van der Waals surface area (Å²) >= 11 is 5.84. The van der Waals surface area contributed by atoms with Gasteiger partial charge >= 0.3 is 0 Å². The zero-order chi connectivity index (χ0) is 13.0. The van der Waals surface area contributed by atoms with E-state index >= 15 is 0 Å². The molecule has 1 aromatic carbocycles. The standard InChI is InChI=1S/C12H11ClN4O/c13-8-3-1-4-9(7-8)16-12(18)10-5-2-6-15-11(10)17-14/h1-7H,14H2,(H,15,17)(H,16,18). The van der Waals surface area contributed by atoms with Gasteiger partial charge in [0, 0.05) is 16.9 Å². The number of nitrogens with zero attached hydrogens (tertiary/aromatic N) is 1. The number of nitrogens with one attached hydrogen (secondary N) is 2. The fourth-order valence-electron chi connectivity index (χ4n) is 1.47. The van der Waals surface area contributed by atoms with E-state index in [1.807, 2.05) is 0 Å². The molecule has 0 aliphatic heterocycles. The molecule has 2 aromatic rings. The Kier molecular flexibility index (Phi) is 3.76. The second-order valence-corrected chi connectivity index (χ2v) is 3.94. The summed E-state index contributed by atoms with van der Waals surface area (Å²) in [6.07, 6.45) is 1.55. The van der Waals surface area contributed by atoms with Gasteiger partial charge in [0.2, 0.25) is 0 Å². The van der Waals surface area contributed by atoms with E-state index < -0.39 is 0 Å². The Hall–Kier alpha value is -2.11. The summed E-state index contributed by atoms with van der Waals surface area (Å²) < 4.78 is 0. The van der Waals surface area contributed by atoms with Crippen LogP contribution in [0.4, 0.5) is 11.5 Å². The normalized spacial score (nSPS) is 9.89. The van der Waals surface area contributed by atoms with Crippen molar-refractivity contribution >= 4 is 29.0 Å². The van der Waals surface area contributed by atoms with Gasteiger partial charge in [-0.15, -0.1) is 0 Å². The smallest absolute Gasteiger partial charge is 0.259 e. The summed E-state index contributed by atoms with van der Waals surface area (Å²) in [6.45, 7) is 0. The van der Waals surface area contributed by atoms with Crippen molar-refractivity contribution < 1.29 is 4.79 Å². The highest BCUT2D eigenvalue weighted by Crippen LogP contribution is 2.17. The number of halogens is 1. The topological polar surface area (TPSA) is 80.0 Å². The van der Waals surface area contributed by atoms with Crippen LogP contribution in [0.25, 0.3) is 0 Å². The van der Waals surface area contributed by atoms with E-state index in [1.54, 1.807) is 42.6 Å².